The maximum Gasteiger partial charge on any atom is 0.233 e. The molecule has 1 aliphatic rings. The maximum absolute atomic E-state index is 12.8. The number of para-hydroxylation sites is 1. The van der Waals surface area contributed by atoms with E-state index < -0.39 is 9.84 Å². The van der Waals surface area contributed by atoms with Crippen molar-refractivity contribution >= 4 is 49.1 Å². The van der Waals surface area contributed by atoms with E-state index in [4.69, 9.17) is 0 Å². The standard InChI is InChI=1S/C20H25N5O3S3/c1-13(19-21-15-6-4-5-7-16(15)30-19)24(2)18(26)11-29-20-23-22-17(25(20)3)10-14-8-9-31(27,28)12-14/h4-7,13-14H,8-12H2,1-3H3/t13-,14-/m0/s1. The van der Waals surface area contributed by atoms with Gasteiger partial charge >= 0.3 is 0 Å². The van der Waals surface area contributed by atoms with Gasteiger partial charge in [-0.2, -0.15) is 0 Å². The predicted molar refractivity (Wildman–Crippen MR) is 123 cm³/mol. The number of hydrogen-bond donors (Lipinski definition) is 0. The summed E-state index contributed by atoms with van der Waals surface area (Å²) in [5.74, 6) is 1.56. The number of benzene rings is 1. The zero-order chi connectivity index (χ0) is 22.2. The Bertz CT molecular complexity index is 1170. The van der Waals surface area contributed by atoms with Crippen LogP contribution in [-0.4, -0.2) is 63.3 Å². The molecule has 2 aromatic heterocycles. The quantitative estimate of drug-likeness (QED) is 0.481. The molecular weight excluding hydrogens is 454 g/mol. The van der Waals surface area contributed by atoms with Crippen LogP contribution in [0.5, 0.6) is 0 Å². The van der Waals surface area contributed by atoms with Crippen molar-refractivity contribution in [1.82, 2.24) is 24.6 Å². The number of hydrogen-bond acceptors (Lipinski definition) is 8. The highest BCUT2D eigenvalue weighted by molar-refractivity contribution is 7.99. The monoisotopic (exact) mass is 479 g/mol. The van der Waals surface area contributed by atoms with Crippen LogP contribution in [0.4, 0.5) is 0 Å². The van der Waals surface area contributed by atoms with Crippen LogP contribution in [0.25, 0.3) is 10.2 Å². The van der Waals surface area contributed by atoms with Gasteiger partial charge in [0.05, 0.1) is 33.5 Å². The third-order valence-electron chi connectivity index (χ3n) is 5.69. The van der Waals surface area contributed by atoms with Crippen molar-refractivity contribution in [3.05, 3.63) is 35.1 Å². The van der Waals surface area contributed by atoms with Gasteiger partial charge in [0, 0.05) is 20.5 Å². The van der Waals surface area contributed by atoms with Crippen LogP contribution >= 0.6 is 23.1 Å². The largest absolute Gasteiger partial charge is 0.336 e. The first kappa shape index (κ1) is 22.2. The molecule has 0 saturated carbocycles. The van der Waals surface area contributed by atoms with E-state index in [0.717, 1.165) is 21.0 Å². The molecule has 3 aromatic rings. The molecule has 0 N–H and O–H groups in total. The van der Waals surface area contributed by atoms with E-state index in [9.17, 15) is 13.2 Å². The highest BCUT2D eigenvalue weighted by atomic mass is 32.2. The van der Waals surface area contributed by atoms with Gasteiger partial charge in [0.1, 0.15) is 10.8 Å². The van der Waals surface area contributed by atoms with Gasteiger partial charge in [0.2, 0.25) is 5.91 Å². The van der Waals surface area contributed by atoms with E-state index in [2.05, 4.69) is 15.2 Å². The van der Waals surface area contributed by atoms with E-state index in [1.54, 1.807) is 23.3 Å². The lowest BCUT2D eigenvalue weighted by molar-refractivity contribution is -0.128. The second kappa shape index (κ2) is 8.87. The van der Waals surface area contributed by atoms with Gasteiger partial charge in [-0.1, -0.05) is 23.9 Å². The Morgan fingerprint density at radius 2 is 2.13 bits per heavy atom. The summed E-state index contributed by atoms with van der Waals surface area (Å²) >= 11 is 2.95. The summed E-state index contributed by atoms with van der Waals surface area (Å²) in [6.07, 6.45) is 1.26. The first-order valence-electron chi connectivity index (χ1n) is 10.1. The number of sulfone groups is 1. The SMILES string of the molecule is C[C@@H](c1nc2ccccc2s1)N(C)C(=O)CSc1nnc(C[C@@H]2CCS(=O)(=O)C2)n1C. The second-order valence-electron chi connectivity index (χ2n) is 7.92. The molecule has 31 heavy (non-hydrogen) atoms. The van der Waals surface area contributed by atoms with Crippen LogP contribution in [0.2, 0.25) is 0 Å². The van der Waals surface area contributed by atoms with Gasteiger partial charge in [0.15, 0.2) is 15.0 Å². The molecule has 0 bridgehead atoms. The van der Waals surface area contributed by atoms with E-state index >= 15 is 0 Å². The average molecular weight is 480 g/mol. The minimum atomic E-state index is -2.91. The van der Waals surface area contributed by atoms with E-state index in [1.807, 2.05) is 42.8 Å². The molecular formula is C20H25N5O3S3. The normalized spacial score (nSPS) is 19.0. The van der Waals surface area contributed by atoms with Crippen LogP contribution in [0.15, 0.2) is 29.4 Å². The van der Waals surface area contributed by atoms with Crippen molar-refractivity contribution in [2.75, 3.05) is 24.3 Å². The van der Waals surface area contributed by atoms with Crippen LogP contribution in [0.3, 0.4) is 0 Å². The molecule has 1 aliphatic heterocycles. The Morgan fingerprint density at radius 1 is 1.35 bits per heavy atom. The summed E-state index contributed by atoms with van der Waals surface area (Å²) in [6.45, 7) is 1.98. The molecule has 0 aliphatic carbocycles. The molecule has 1 aromatic carbocycles. The third kappa shape index (κ3) is 4.93. The molecule has 0 unspecified atom stereocenters. The summed E-state index contributed by atoms with van der Waals surface area (Å²) in [7, 11) is 0.745. The molecule has 8 nitrogen and oxygen atoms in total. The Morgan fingerprint density at radius 3 is 2.84 bits per heavy atom. The summed E-state index contributed by atoms with van der Waals surface area (Å²) < 4.78 is 26.3. The van der Waals surface area contributed by atoms with Crippen molar-refractivity contribution in [2.45, 2.75) is 31.0 Å². The van der Waals surface area contributed by atoms with E-state index in [-0.39, 0.29) is 35.1 Å². The smallest absolute Gasteiger partial charge is 0.233 e. The zero-order valence-corrected chi connectivity index (χ0v) is 20.1. The summed E-state index contributed by atoms with van der Waals surface area (Å²) in [5, 5.41) is 9.99. The second-order valence-corrected chi connectivity index (χ2v) is 12.2. The van der Waals surface area contributed by atoms with Crippen molar-refractivity contribution in [2.24, 2.45) is 13.0 Å². The summed E-state index contributed by atoms with van der Waals surface area (Å²) in [4.78, 5) is 19.1. The number of amides is 1. The number of rotatable bonds is 7. The number of carbonyl (C=O) groups is 1. The number of nitrogens with zero attached hydrogens (tertiary/aromatic N) is 5. The Hall–Kier alpha value is -1.98. The fourth-order valence-corrected chi connectivity index (χ4v) is 7.40. The van der Waals surface area contributed by atoms with E-state index in [1.165, 1.54) is 11.8 Å². The Balaban J connectivity index is 1.35. The Labute approximate surface area is 190 Å². The molecule has 11 heteroatoms. The van der Waals surface area contributed by atoms with Crippen molar-refractivity contribution < 1.29 is 13.2 Å². The molecule has 3 heterocycles. The highest BCUT2D eigenvalue weighted by Gasteiger charge is 2.29. The molecule has 1 fully saturated rings. The first-order valence-corrected chi connectivity index (χ1v) is 13.7. The topological polar surface area (TPSA) is 98.1 Å². The van der Waals surface area contributed by atoms with E-state index in [0.29, 0.717) is 18.0 Å². The van der Waals surface area contributed by atoms with Gasteiger partial charge in [-0.3, -0.25) is 4.79 Å². The molecule has 1 saturated heterocycles. The minimum absolute atomic E-state index is 0.0109. The van der Waals surface area contributed by atoms with Crippen molar-refractivity contribution in [3.63, 3.8) is 0 Å². The number of fused-ring (bicyclic) bond motifs is 1. The lowest BCUT2D eigenvalue weighted by Gasteiger charge is -2.23. The lowest BCUT2D eigenvalue weighted by atomic mass is 10.1. The van der Waals surface area contributed by atoms with Crippen LogP contribution in [-0.2, 0) is 28.1 Å². The summed E-state index contributed by atoms with van der Waals surface area (Å²) in [6, 6.07) is 7.84. The lowest BCUT2D eigenvalue weighted by Crippen LogP contribution is -2.31. The summed E-state index contributed by atoms with van der Waals surface area (Å²) in [5.41, 5.74) is 0.950. The van der Waals surface area contributed by atoms with Gasteiger partial charge < -0.3 is 9.47 Å². The number of aromatic nitrogens is 4. The first-order chi connectivity index (χ1) is 14.7. The third-order valence-corrected chi connectivity index (χ3v) is 9.74. The fraction of sp³-hybridized carbons (Fsp3) is 0.500. The molecule has 166 valence electrons. The molecule has 4 rings (SSSR count). The van der Waals surface area contributed by atoms with Gasteiger partial charge in [0.25, 0.3) is 0 Å². The van der Waals surface area contributed by atoms with Crippen molar-refractivity contribution in [1.29, 1.82) is 0 Å². The predicted octanol–water partition coefficient (Wildman–Crippen LogP) is 2.71. The Kier molecular flexibility index (Phi) is 6.36. The molecule has 0 spiro atoms. The molecule has 2 atom stereocenters. The van der Waals surface area contributed by atoms with Crippen molar-refractivity contribution in [3.8, 4) is 0 Å². The van der Waals surface area contributed by atoms with Crippen LogP contribution < -0.4 is 0 Å². The number of thiazole rings is 1. The number of thioether (sulfide) groups is 1. The van der Waals surface area contributed by atoms with Crippen LogP contribution in [0, 0.1) is 5.92 Å². The maximum atomic E-state index is 12.8. The van der Waals surface area contributed by atoms with Gasteiger partial charge in [-0.15, -0.1) is 21.5 Å². The highest BCUT2D eigenvalue weighted by Crippen LogP contribution is 2.29. The van der Waals surface area contributed by atoms with Gasteiger partial charge in [-0.05, 0) is 31.4 Å². The van der Waals surface area contributed by atoms with Gasteiger partial charge in [-0.25, -0.2) is 13.4 Å². The molecule has 1 amide bonds. The number of carbonyl (C=O) groups excluding carboxylic acids is 1. The minimum Gasteiger partial charge on any atom is -0.336 e. The fourth-order valence-electron chi connectivity index (χ4n) is 3.62. The zero-order valence-electron chi connectivity index (χ0n) is 17.7. The average Bonchev–Trinajstić information content (AvgIpc) is 3.42. The van der Waals surface area contributed by atoms with Crippen LogP contribution in [0.1, 0.15) is 30.2 Å². The molecule has 0 radical (unpaired) electrons.